The number of nitrogens with zero attached hydrogens (tertiary/aromatic N) is 2. The molecule has 0 radical (unpaired) electrons. The van der Waals surface area contributed by atoms with Gasteiger partial charge in [-0.3, -0.25) is 9.59 Å². The second-order valence-electron chi connectivity index (χ2n) is 6.65. The van der Waals surface area contributed by atoms with E-state index in [1.807, 2.05) is 38.3 Å². The summed E-state index contributed by atoms with van der Waals surface area (Å²) < 4.78 is 5.27. The number of likely N-dealkylation sites (N-methyl/N-ethyl adjacent to an activating group) is 1. The Kier molecular flexibility index (Phi) is 8.40. The third-order valence-corrected chi connectivity index (χ3v) is 3.80. The topological polar surface area (TPSA) is 83.0 Å². The molecule has 7 nitrogen and oxygen atoms in total. The summed E-state index contributed by atoms with van der Waals surface area (Å²) in [5.41, 5.74) is -0.496. The Morgan fingerprint density at radius 2 is 2.00 bits per heavy atom. The van der Waals surface area contributed by atoms with Gasteiger partial charge in [0.15, 0.2) is 5.96 Å². The minimum absolute atomic E-state index is 0.0409. The molecule has 0 aliphatic heterocycles. The van der Waals surface area contributed by atoms with Crippen molar-refractivity contribution in [1.82, 2.24) is 15.5 Å². The minimum Gasteiger partial charge on any atom is -0.460 e. The van der Waals surface area contributed by atoms with Gasteiger partial charge in [0.25, 0.3) is 0 Å². The lowest BCUT2D eigenvalue weighted by atomic mass is 10.2. The number of hydrogen-bond donors (Lipinski definition) is 2. The first-order chi connectivity index (χ1) is 11.7. The number of hydrogen-bond acceptors (Lipinski definition) is 5. The Hall–Kier alpha value is -2.09. The molecule has 1 heterocycles. The van der Waals surface area contributed by atoms with E-state index < -0.39 is 5.60 Å². The zero-order valence-corrected chi connectivity index (χ0v) is 16.4. The molecule has 0 aliphatic carbocycles. The summed E-state index contributed by atoms with van der Waals surface area (Å²) in [6, 6.07) is 3.99. The van der Waals surface area contributed by atoms with E-state index in [9.17, 15) is 9.59 Å². The second kappa shape index (κ2) is 10.0. The van der Waals surface area contributed by atoms with E-state index in [1.54, 1.807) is 25.4 Å². The zero-order valence-electron chi connectivity index (χ0n) is 15.6. The van der Waals surface area contributed by atoms with E-state index in [0.717, 1.165) is 4.88 Å². The van der Waals surface area contributed by atoms with Crippen molar-refractivity contribution in [2.75, 3.05) is 27.2 Å². The molecule has 0 aromatic carbocycles. The summed E-state index contributed by atoms with van der Waals surface area (Å²) in [6.07, 6.45) is 0.221. The molecule has 0 fully saturated rings. The molecule has 0 saturated heterocycles. The highest BCUT2D eigenvalue weighted by Gasteiger charge is 2.16. The lowest BCUT2D eigenvalue weighted by Crippen LogP contribution is -2.39. The molecule has 0 bridgehead atoms. The van der Waals surface area contributed by atoms with Crippen LogP contribution in [0.5, 0.6) is 0 Å². The van der Waals surface area contributed by atoms with Gasteiger partial charge in [-0.05, 0) is 32.2 Å². The van der Waals surface area contributed by atoms with Crippen LogP contribution in [0.1, 0.15) is 32.1 Å². The Morgan fingerprint density at radius 1 is 1.28 bits per heavy atom. The van der Waals surface area contributed by atoms with E-state index in [4.69, 9.17) is 4.74 Å². The molecule has 25 heavy (non-hydrogen) atoms. The predicted molar refractivity (Wildman–Crippen MR) is 101 cm³/mol. The third-order valence-electron chi connectivity index (χ3n) is 2.92. The number of nitrogens with one attached hydrogen (secondary N) is 2. The number of esters is 1. The van der Waals surface area contributed by atoms with Crippen LogP contribution >= 0.6 is 11.3 Å². The number of carbonyl (C=O) groups is 2. The third kappa shape index (κ3) is 9.71. The summed E-state index contributed by atoms with van der Waals surface area (Å²) in [5, 5.41) is 8.23. The Morgan fingerprint density at radius 3 is 2.56 bits per heavy atom. The van der Waals surface area contributed by atoms with Crippen LogP contribution in [0.15, 0.2) is 22.5 Å². The number of rotatable bonds is 7. The molecule has 1 aromatic heterocycles. The van der Waals surface area contributed by atoms with Crippen LogP contribution in [0.4, 0.5) is 0 Å². The molecule has 1 aromatic rings. The van der Waals surface area contributed by atoms with Crippen LogP contribution in [-0.4, -0.2) is 55.5 Å². The number of amides is 1. The van der Waals surface area contributed by atoms with E-state index in [1.165, 1.54) is 4.90 Å². The first kappa shape index (κ1) is 21.0. The van der Waals surface area contributed by atoms with E-state index in [-0.39, 0.29) is 24.8 Å². The van der Waals surface area contributed by atoms with Gasteiger partial charge in [-0.25, -0.2) is 4.99 Å². The summed E-state index contributed by atoms with van der Waals surface area (Å²) in [5.74, 6) is 0.124. The monoisotopic (exact) mass is 368 g/mol. The molecule has 8 heteroatoms. The van der Waals surface area contributed by atoms with Crippen molar-refractivity contribution in [3.8, 4) is 0 Å². The molecular weight excluding hydrogens is 340 g/mol. The quantitative estimate of drug-likeness (QED) is 0.434. The van der Waals surface area contributed by atoms with Crippen LogP contribution in [-0.2, 0) is 20.9 Å². The molecular formula is C17H28N4O3S. The first-order valence-electron chi connectivity index (χ1n) is 8.14. The lowest BCUT2D eigenvalue weighted by Gasteiger charge is -2.19. The number of guanidine groups is 1. The molecule has 0 unspecified atom stereocenters. The molecule has 0 spiro atoms. The molecule has 0 atom stereocenters. The fourth-order valence-corrected chi connectivity index (χ4v) is 2.37. The summed E-state index contributed by atoms with van der Waals surface area (Å²) >= 11 is 1.63. The fraction of sp³-hybridized carbons (Fsp3) is 0.588. The van der Waals surface area contributed by atoms with Crippen molar-refractivity contribution in [3.05, 3.63) is 22.4 Å². The highest BCUT2D eigenvalue weighted by Crippen LogP contribution is 2.08. The van der Waals surface area contributed by atoms with Crippen molar-refractivity contribution in [1.29, 1.82) is 0 Å². The highest BCUT2D eigenvalue weighted by atomic mass is 32.1. The maximum Gasteiger partial charge on any atom is 0.308 e. The largest absolute Gasteiger partial charge is 0.460 e. The van der Waals surface area contributed by atoms with Gasteiger partial charge < -0.3 is 20.3 Å². The van der Waals surface area contributed by atoms with Crippen molar-refractivity contribution >= 4 is 29.2 Å². The molecule has 0 aliphatic rings. The van der Waals surface area contributed by atoms with Gasteiger partial charge in [0.1, 0.15) is 12.1 Å². The van der Waals surface area contributed by atoms with Gasteiger partial charge in [0, 0.05) is 25.5 Å². The summed E-state index contributed by atoms with van der Waals surface area (Å²) in [6.45, 7) is 6.52. The average Bonchev–Trinajstić information content (AvgIpc) is 3.00. The first-order valence-corrected chi connectivity index (χ1v) is 9.02. The SMILES string of the molecule is CN(C)C(=O)CN=C(NCCC(=O)OC(C)(C)C)NCc1cccs1. The van der Waals surface area contributed by atoms with Crippen LogP contribution in [0, 0.1) is 0 Å². The molecule has 1 amide bonds. The Labute approximate surface area is 153 Å². The predicted octanol–water partition coefficient (Wildman–Crippen LogP) is 1.60. The number of carbonyl (C=O) groups excluding carboxylic acids is 2. The highest BCUT2D eigenvalue weighted by molar-refractivity contribution is 7.09. The number of aliphatic imine (C=N–C) groups is 1. The maximum atomic E-state index is 11.8. The average molecular weight is 369 g/mol. The van der Waals surface area contributed by atoms with E-state index in [2.05, 4.69) is 15.6 Å². The second-order valence-corrected chi connectivity index (χ2v) is 7.68. The lowest BCUT2D eigenvalue weighted by molar-refractivity contribution is -0.154. The standard InChI is InChI=1S/C17H28N4O3S/c1-17(2,3)24-15(23)8-9-18-16(20-12-14(22)21(4)5)19-11-13-7-6-10-25-13/h6-7,10H,8-9,11-12H2,1-5H3,(H2,18,19,20). The zero-order chi connectivity index (χ0) is 18.9. The minimum atomic E-state index is -0.496. The van der Waals surface area contributed by atoms with Crippen molar-refractivity contribution < 1.29 is 14.3 Å². The number of thiophene rings is 1. The molecule has 140 valence electrons. The van der Waals surface area contributed by atoms with Crippen molar-refractivity contribution in [2.45, 2.75) is 39.3 Å². The van der Waals surface area contributed by atoms with Gasteiger partial charge in [-0.1, -0.05) is 6.07 Å². The van der Waals surface area contributed by atoms with Gasteiger partial charge in [0.05, 0.1) is 13.0 Å². The number of ether oxygens (including phenoxy) is 1. The normalized spacial score (nSPS) is 11.8. The Balaban J connectivity index is 2.53. The molecule has 2 N–H and O–H groups in total. The maximum absolute atomic E-state index is 11.8. The van der Waals surface area contributed by atoms with Crippen molar-refractivity contribution in [3.63, 3.8) is 0 Å². The summed E-state index contributed by atoms with van der Waals surface area (Å²) in [7, 11) is 3.37. The van der Waals surface area contributed by atoms with Crippen LogP contribution < -0.4 is 10.6 Å². The van der Waals surface area contributed by atoms with E-state index >= 15 is 0 Å². The van der Waals surface area contributed by atoms with Crippen LogP contribution in [0.3, 0.4) is 0 Å². The van der Waals surface area contributed by atoms with Gasteiger partial charge >= 0.3 is 5.97 Å². The van der Waals surface area contributed by atoms with Crippen molar-refractivity contribution in [2.24, 2.45) is 4.99 Å². The van der Waals surface area contributed by atoms with Gasteiger partial charge in [0.2, 0.25) is 5.91 Å². The van der Waals surface area contributed by atoms with E-state index in [0.29, 0.717) is 19.0 Å². The Bertz CT molecular complexity index is 577. The fourth-order valence-electron chi connectivity index (χ4n) is 1.72. The molecule has 1 rings (SSSR count). The smallest absolute Gasteiger partial charge is 0.308 e. The van der Waals surface area contributed by atoms with Gasteiger partial charge in [-0.2, -0.15) is 0 Å². The molecule has 0 saturated carbocycles. The van der Waals surface area contributed by atoms with Crippen LogP contribution in [0.25, 0.3) is 0 Å². The summed E-state index contributed by atoms with van der Waals surface area (Å²) in [4.78, 5) is 30.4. The van der Waals surface area contributed by atoms with Crippen LogP contribution in [0.2, 0.25) is 0 Å². The van der Waals surface area contributed by atoms with Gasteiger partial charge in [-0.15, -0.1) is 11.3 Å².